The molecule has 0 bridgehead atoms. The number of hydrogen-bond donors (Lipinski definition) is 4. The zero-order chi connectivity index (χ0) is 30.9. The van der Waals surface area contributed by atoms with Crippen LogP contribution in [-0.2, 0) is 14.3 Å². The number of carbonyl (C=O) groups excluding carboxylic acids is 1. The highest BCUT2D eigenvalue weighted by Crippen LogP contribution is 2.29. The van der Waals surface area contributed by atoms with E-state index in [0.717, 1.165) is 76.2 Å². The molecule has 0 saturated carbocycles. The van der Waals surface area contributed by atoms with Gasteiger partial charge in [0.15, 0.2) is 0 Å². The largest absolute Gasteiger partial charge is 0.481 e. The van der Waals surface area contributed by atoms with Gasteiger partial charge in [-0.1, -0.05) is 84.8 Å². The lowest BCUT2D eigenvalue weighted by Gasteiger charge is -2.30. The van der Waals surface area contributed by atoms with Crippen molar-refractivity contribution < 1.29 is 34.8 Å². The molecule has 8 unspecified atom stereocenters. The zero-order valence-electron chi connectivity index (χ0n) is 26.7. The van der Waals surface area contributed by atoms with Gasteiger partial charge in [-0.3, -0.25) is 4.79 Å². The first-order chi connectivity index (χ1) is 19.3. The average Bonchev–Trinajstić information content (AvgIpc) is 2.91. The number of hydrogen-bond acceptors (Lipinski definition) is 6. The second-order valence-corrected chi connectivity index (χ2v) is 12.9. The first-order valence-corrected chi connectivity index (χ1v) is 16.1. The fraction of sp³-hybridized carbons (Fsp3) is 0.824. The van der Waals surface area contributed by atoms with E-state index in [-0.39, 0.29) is 49.1 Å². The highest BCUT2D eigenvalue weighted by Gasteiger charge is 2.29. The van der Waals surface area contributed by atoms with Gasteiger partial charge in [-0.15, -0.1) is 0 Å². The van der Waals surface area contributed by atoms with Crippen molar-refractivity contribution in [2.75, 3.05) is 0 Å². The minimum Gasteiger partial charge on any atom is -0.481 e. The smallest absolute Gasteiger partial charge is 0.333 e. The molecular weight excluding hydrogens is 520 g/mol. The number of ether oxygens (including phenoxy) is 1. The van der Waals surface area contributed by atoms with Gasteiger partial charge in [-0.05, 0) is 69.3 Å². The van der Waals surface area contributed by atoms with Crippen LogP contribution in [0.2, 0.25) is 0 Å². The van der Waals surface area contributed by atoms with Crippen molar-refractivity contribution in [1.82, 2.24) is 0 Å². The van der Waals surface area contributed by atoms with E-state index in [0.29, 0.717) is 5.57 Å². The van der Waals surface area contributed by atoms with E-state index in [4.69, 9.17) is 9.84 Å². The van der Waals surface area contributed by atoms with Crippen molar-refractivity contribution in [2.45, 2.75) is 156 Å². The molecule has 4 N–H and O–H groups in total. The topological polar surface area (TPSA) is 124 Å². The van der Waals surface area contributed by atoms with Crippen LogP contribution in [0.3, 0.4) is 0 Å². The summed E-state index contributed by atoms with van der Waals surface area (Å²) in [4.78, 5) is 23.7. The van der Waals surface area contributed by atoms with Crippen LogP contribution in [0.25, 0.3) is 0 Å². The van der Waals surface area contributed by atoms with Gasteiger partial charge >= 0.3 is 11.9 Å². The number of carbonyl (C=O) groups is 2. The lowest BCUT2D eigenvalue weighted by molar-refractivity contribution is -0.150. The van der Waals surface area contributed by atoms with E-state index in [1.165, 1.54) is 0 Å². The van der Waals surface area contributed by atoms with Crippen molar-refractivity contribution >= 4 is 11.9 Å². The minimum absolute atomic E-state index is 0.168. The molecule has 0 aromatic rings. The number of carboxylic acid groups (broad SMARTS) is 1. The maximum absolute atomic E-state index is 13.1. The predicted octanol–water partition coefficient (Wildman–Crippen LogP) is 6.98. The van der Waals surface area contributed by atoms with Gasteiger partial charge in [0, 0.05) is 24.3 Å². The molecule has 0 fully saturated rings. The van der Waals surface area contributed by atoms with Crippen molar-refractivity contribution in [2.24, 2.45) is 23.7 Å². The first-order valence-electron chi connectivity index (χ1n) is 16.1. The Kier molecular flexibility index (Phi) is 18.4. The van der Waals surface area contributed by atoms with Crippen LogP contribution in [0.1, 0.15) is 131 Å². The zero-order valence-corrected chi connectivity index (χ0v) is 26.7. The SMILES string of the molecule is CC1=CCC(O)C(C)C(O)CC(O)C(C)=CC(C)CCCC(C)C(C(C)CCCCCCCCCC(=O)O)OC1=O. The van der Waals surface area contributed by atoms with Gasteiger partial charge in [0.25, 0.3) is 0 Å². The standard InChI is InChI=1S/C34H60O7/c1-23-15-14-17-25(3)33(24(2)16-12-10-8-7-9-11-13-18-32(38)39)41-34(40)26(4)19-20-29(35)28(6)31(37)22-30(36)27(5)21-23/h19,21,23-25,28-31,33,35-37H,7-18,20,22H2,1-6H3,(H,38,39). The molecule has 1 heterocycles. The minimum atomic E-state index is -0.860. The van der Waals surface area contributed by atoms with Crippen LogP contribution < -0.4 is 0 Å². The van der Waals surface area contributed by atoms with Gasteiger partial charge in [-0.2, -0.15) is 0 Å². The number of esters is 1. The Hall–Kier alpha value is -1.70. The molecule has 1 rings (SSSR count). The van der Waals surface area contributed by atoms with Gasteiger partial charge in [0.1, 0.15) is 6.10 Å². The lowest BCUT2D eigenvalue weighted by atomic mass is 9.85. The molecule has 1 aliphatic rings. The normalized spacial score (nSPS) is 30.4. The van der Waals surface area contributed by atoms with E-state index >= 15 is 0 Å². The Morgan fingerprint density at radius 3 is 2.20 bits per heavy atom. The molecular formula is C34H60O7. The third kappa shape index (κ3) is 15.4. The number of rotatable bonds is 11. The number of aliphatic hydroxyl groups excluding tert-OH is 3. The maximum Gasteiger partial charge on any atom is 0.333 e. The van der Waals surface area contributed by atoms with Crippen LogP contribution >= 0.6 is 0 Å². The lowest BCUT2D eigenvalue weighted by Crippen LogP contribution is -2.33. The van der Waals surface area contributed by atoms with Gasteiger partial charge < -0.3 is 25.2 Å². The summed E-state index contributed by atoms with van der Waals surface area (Å²) in [6.07, 6.45) is 12.9. The number of aliphatic hydroxyl groups is 3. The molecule has 0 saturated heterocycles. The second-order valence-electron chi connectivity index (χ2n) is 12.9. The van der Waals surface area contributed by atoms with Gasteiger partial charge in [-0.25, -0.2) is 4.79 Å². The summed E-state index contributed by atoms with van der Waals surface area (Å²) in [5.74, 6) is -0.812. The molecule has 41 heavy (non-hydrogen) atoms. The molecule has 0 radical (unpaired) electrons. The van der Waals surface area contributed by atoms with Crippen LogP contribution in [0.4, 0.5) is 0 Å². The fourth-order valence-electron chi connectivity index (χ4n) is 5.85. The quantitative estimate of drug-likeness (QED) is 0.118. The van der Waals surface area contributed by atoms with Crippen LogP contribution in [-0.4, -0.2) is 56.8 Å². The second kappa shape index (κ2) is 20.2. The number of carboxylic acids is 1. The average molecular weight is 581 g/mol. The molecule has 0 aromatic heterocycles. The van der Waals surface area contributed by atoms with Crippen LogP contribution in [0.5, 0.6) is 0 Å². The molecule has 7 heteroatoms. The summed E-state index contributed by atoms with van der Waals surface area (Å²) in [7, 11) is 0. The first kappa shape index (κ1) is 37.3. The number of cyclic esters (lactones) is 1. The maximum atomic E-state index is 13.1. The van der Waals surface area contributed by atoms with E-state index in [9.17, 15) is 24.9 Å². The molecule has 1 aliphatic heterocycles. The number of unbranched alkanes of at least 4 members (excludes halogenated alkanes) is 6. The van der Waals surface area contributed by atoms with E-state index in [2.05, 4.69) is 26.8 Å². The molecule has 8 atom stereocenters. The fourth-order valence-corrected chi connectivity index (χ4v) is 5.85. The van der Waals surface area contributed by atoms with Crippen molar-refractivity contribution in [3.05, 3.63) is 23.3 Å². The van der Waals surface area contributed by atoms with E-state index in [1.807, 2.05) is 6.92 Å². The predicted molar refractivity (Wildman–Crippen MR) is 164 cm³/mol. The number of aliphatic carboxylic acids is 1. The highest BCUT2D eigenvalue weighted by atomic mass is 16.5. The van der Waals surface area contributed by atoms with Gasteiger partial charge in [0.05, 0.1) is 18.3 Å². The molecule has 7 nitrogen and oxygen atoms in total. The summed E-state index contributed by atoms with van der Waals surface area (Å²) < 4.78 is 6.13. The molecule has 238 valence electrons. The Morgan fingerprint density at radius 2 is 1.56 bits per heavy atom. The Balaban J connectivity index is 2.85. The summed E-state index contributed by atoms with van der Waals surface area (Å²) in [5.41, 5.74) is 1.32. The Bertz CT molecular complexity index is 820. The third-order valence-electron chi connectivity index (χ3n) is 8.97. The summed E-state index contributed by atoms with van der Waals surface area (Å²) >= 11 is 0. The molecule has 0 aliphatic carbocycles. The van der Waals surface area contributed by atoms with E-state index in [1.54, 1.807) is 19.9 Å². The third-order valence-corrected chi connectivity index (χ3v) is 8.97. The van der Waals surface area contributed by atoms with Crippen molar-refractivity contribution in [3.8, 4) is 0 Å². The van der Waals surface area contributed by atoms with Gasteiger partial charge in [0.2, 0.25) is 0 Å². The monoisotopic (exact) mass is 580 g/mol. The van der Waals surface area contributed by atoms with Crippen LogP contribution in [0, 0.1) is 23.7 Å². The summed E-state index contributed by atoms with van der Waals surface area (Å²) in [6, 6.07) is 0. The Morgan fingerprint density at radius 1 is 0.951 bits per heavy atom. The van der Waals surface area contributed by atoms with Crippen LogP contribution in [0.15, 0.2) is 23.3 Å². The molecule has 0 aromatic carbocycles. The van der Waals surface area contributed by atoms with E-state index < -0.39 is 30.2 Å². The molecule has 0 spiro atoms. The van der Waals surface area contributed by atoms with Crippen molar-refractivity contribution in [3.63, 3.8) is 0 Å². The molecule has 0 amide bonds. The summed E-state index contributed by atoms with van der Waals surface area (Å²) in [6.45, 7) is 11.9. The van der Waals surface area contributed by atoms with Crippen molar-refractivity contribution in [1.29, 1.82) is 0 Å². The number of allylic oxidation sites excluding steroid dienone is 1. The highest BCUT2D eigenvalue weighted by molar-refractivity contribution is 5.87. The summed E-state index contributed by atoms with van der Waals surface area (Å²) in [5, 5.41) is 40.7. The Labute approximate surface area is 249 Å².